The first-order valence-electron chi connectivity index (χ1n) is 7.39. The second kappa shape index (κ2) is 6.75. The largest absolute Gasteiger partial charge is 0.385 e. The topological polar surface area (TPSA) is 50.4 Å². The number of amides is 1. The summed E-state index contributed by atoms with van der Waals surface area (Å²) in [4.78, 5) is 12.1. The zero-order valence-corrected chi connectivity index (χ0v) is 12.4. The quantitative estimate of drug-likeness (QED) is 0.840. The molecule has 1 saturated heterocycles. The fraction of sp³-hybridized carbons (Fsp3) is 0.562. The van der Waals surface area contributed by atoms with Crippen LogP contribution in [0.3, 0.4) is 0 Å². The third-order valence-electron chi connectivity index (χ3n) is 3.65. The van der Waals surface area contributed by atoms with Crippen LogP contribution in [0.2, 0.25) is 0 Å². The fourth-order valence-electron chi connectivity index (χ4n) is 2.35. The molecule has 1 fully saturated rings. The molecule has 1 atom stereocenters. The molecule has 1 aliphatic heterocycles. The van der Waals surface area contributed by atoms with E-state index in [4.69, 9.17) is 4.74 Å². The van der Waals surface area contributed by atoms with E-state index in [9.17, 15) is 4.79 Å². The minimum absolute atomic E-state index is 0.0382. The van der Waals surface area contributed by atoms with E-state index in [0.29, 0.717) is 12.1 Å². The zero-order chi connectivity index (χ0) is 14.4. The smallest absolute Gasteiger partial charge is 0.251 e. The number of anilines is 1. The molecule has 2 rings (SSSR count). The van der Waals surface area contributed by atoms with E-state index in [-0.39, 0.29) is 11.5 Å². The van der Waals surface area contributed by atoms with Crippen molar-refractivity contribution in [1.29, 1.82) is 0 Å². The highest BCUT2D eigenvalue weighted by Gasteiger charge is 2.30. The van der Waals surface area contributed by atoms with Crippen molar-refractivity contribution >= 4 is 11.6 Å². The number of carbonyl (C=O) groups excluding carboxylic acids is 1. The first kappa shape index (κ1) is 14.9. The van der Waals surface area contributed by atoms with E-state index >= 15 is 0 Å². The van der Waals surface area contributed by atoms with Crippen LogP contribution < -0.4 is 10.6 Å². The van der Waals surface area contributed by atoms with Gasteiger partial charge in [0.15, 0.2) is 0 Å². The van der Waals surface area contributed by atoms with Gasteiger partial charge in [-0.1, -0.05) is 6.92 Å². The second-order valence-corrected chi connectivity index (χ2v) is 5.59. The first-order chi connectivity index (χ1) is 9.63. The lowest BCUT2D eigenvalue weighted by molar-refractivity contribution is 0.0206. The van der Waals surface area contributed by atoms with Crippen molar-refractivity contribution in [2.75, 3.05) is 25.0 Å². The SMILES string of the molecule is CCCNc1ccc(C(=O)NCC2(C)CCCO2)cc1. The summed E-state index contributed by atoms with van der Waals surface area (Å²) in [5.41, 5.74) is 1.54. The van der Waals surface area contributed by atoms with Crippen LogP contribution in [-0.2, 0) is 4.74 Å². The molecule has 4 nitrogen and oxygen atoms in total. The molecule has 0 aliphatic carbocycles. The summed E-state index contributed by atoms with van der Waals surface area (Å²) >= 11 is 0. The average Bonchev–Trinajstić information content (AvgIpc) is 2.90. The number of nitrogens with one attached hydrogen (secondary N) is 2. The average molecular weight is 276 g/mol. The summed E-state index contributed by atoms with van der Waals surface area (Å²) in [7, 11) is 0. The highest BCUT2D eigenvalue weighted by atomic mass is 16.5. The lowest BCUT2D eigenvalue weighted by Crippen LogP contribution is -2.40. The summed E-state index contributed by atoms with van der Waals surface area (Å²) < 4.78 is 5.67. The van der Waals surface area contributed by atoms with Crippen LogP contribution >= 0.6 is 0 Å². The molecule has 110 valence electrons. The molecule has 0 saturated carbocycles. The lowest BCUT2D eigenvalue weighted by Gasteiger charge is -2.23. The fourth-order valence-corrected chi connectivity index (χ4v) is 2.35. The Hall–Kier alpha value is -1.55. The van der Waals surface area contributed by atoms with Gasteiger partial charge in [0, 0.05) is 30.9 Å². The minimum Gasteiger partial charge on any atom is -0.385 e. The Kier molecular flexibility index (Phi) is 5.01. The van der Waals surface area contributed by atoms with Gasteiger partial charge in [-0.15, -0.1) is 0 Å². The minimum atomic E-state index is -0.196. The Bertz CT molecular complexity index is 436. The molecule has 1 unspecified atom stereocenters. The predicted molar refractivity (Wildman–Crippen MR) is 81.1 cm³/mol. The van der Waals surface area contributed by atoms with E-state index in [1.54, 1.807) is 0 Å². The van der Waals surface area contributed by atoms with E-state index in [1.165, 1.54) is 0 Å². The number of ether oxygens (including phenoxy) is 1. The van der Waals surface area contributed by atoms with Gasteiger partial charge >= 0.3 is 0 Å². The van der Waals surface area contributed by atoms with Crippen molar-refractivity contribution in [3.8, 4) is 0 Å². The Labute approximate surface area is 120 Å². The number of hydrogen-bond donors (Lipinski definition) is 2. The molecule has 1 aliphatic rings. The molecule has 1 heterocycles. The van der Waals surface area contributed by atoms with Crippen molar-refractivity contribution in [2.45, 2.75) is 38.7 Å². The number of benzene rings is 1. The van der Waals surface area contributed by atoms with Crippen LogP contribution in [0.25, 0.3) is 0 Å². The second-order valence-electron chi connectivity index (χ2n) is 5.59. The Balaban J connectivity index is 1.85. The van der Waals surface area contributed by atoms with Gasteiger partial charge in [-0.25, -0.2) is 0 Å². The first-order valence-corrected chi connectivity index (χ1v) is 7.39. The summed E-state index contributed by atoms with van der Waals surface area (Å²) in [6.45, 7) is 6.49. The van der Waals surface area contributed by atoms with Crippen LogP contribution in [0.15, 0.2) is 24.3 Å². The molecule has 1 amide bonds. The molecule has 0 spiro atoms. The summed E-state index contributed by atoms with van der Waals surface area (Å²) in [5.74, 6) is -0.0382. The normalized spacial score (nSPS) is 21.7. The van der Waals surface area contributed by atoms with Gasteiger partial charge in [-0.3, -0.25) is 4.79 Å². The van der Waals surface area contributed by atoms with Crippen LogP contribution in [0.1, 0.15) is 43.5 Å². The van der Waals surface area contributed by atoms with E-state index < -0.39 is 0 Å². The van der Waals surface area contributed by atoms with Crippen molar-refractivity contribution in [3.63, 3.8) is 0 Å². The molecule has 20 heavy (non-hydrogen) atoms. The van der Waals surface area contributed by atoms with Crippen molar-refractivity contribution in [1.82, 2.24) is 5.32 Å². The molecule has 2 N–H and O–H groups in total. The van der Waals surface area contributed by atoms with Gasteiger partial charge < -0.3 is 15.4 Å². The lowest BCUT2D eigenvalue weighted by atomic mass is 10.0. The maximum atomic E-state index is 12.1. The Morgan fingerprint density at radius 3 is 2.70 bits per heavy atom. The molecule has 0 aromatic heterocycles. The molecule has 4 heteroatoms. The summed E-state index contributed by atoms with van der Waals surface area (Å²) in [6, 6.07) is 7.59. The van der Waals surface area contributed by atoms with Gasteiger partial charge in [0.25, 0.3) is 5.91 Å². The van der Waals surface area contributed by atoms with Crippen LogP contribution in [0.5, 0.6) is 0 Å². The van der Waals surface area contributed by atoms with Crippen molar-refractivity contribution < 1.29 is 9.53 Å². The molecular formula is C16H24N2O2. The molecular weight excluding hydrogens is 252 g/mol. The van der Waals surface area contributed by atoms with E-state index in [1.807, 2.05) is 24.3 Å². The number of hydrogen-bond acceptors (Lipinski definition) is 3. The number of rotatable bonds is 6. The molecule has 0 bridgehead atoms. The summed E-state index contributed by atoms with van der Waals surface area (Å²) in [5, 5.41) is 6.25. The predicted octanol–water partition coefficient (Wildman–Crippen LogP) is 2.81. The standard InChI is InChI=1S/C16H24N2O2/c1-3-10-17-14-7-5-13(6-8-14)15(19)18-12-16(2)9-4-11-20-16/h5-8,17H,3-4,9-12H2,1-2H3,(H,18,19). The Morgan fingerprint density at radius 1 is 1.35 bits per heavy atom. The van der Waals surface area contributed by atoms with E-state index in [0.717, 1.165) is 38.1 Å². The maximum absolute atomic E-state index is 12.1. The highest BCUT2D eigenvalue weighted by molar-refractivity contribution is 5.94. The maximum Gasteiger partial charge on any atom is 0.251 e. The Morgan fingerprint density at radius 2 is 2.10 bits per heavy atom. The van der Waals surface area contributed by atoms with Crippen LogP contribution in [0, 0.1) is 0 Å². The van der Waals surface area contributed by atoms with Crippen LogP contribution in [-0.4, -0.2) is 31.2 Å². The third-order valence-corrected chi connectivity index (χ3v) is 3.65. The monoisotopic (exact) mass is 276 g/mol. The number of carbonyl (C=O) groups is 1. The van der Waals surface area contributed by atoms with Gasteiger partial charge in [0.1, 0.15) is 0 Å². The summed E-state index contributed by atoms with van der Waals surface area (Å²) in [6.07, 6.45) is 3.16. The van der Waals surface area contributed by atoms with Crippen LogP contribution in [0.4, 0.5) is 5.69 Å². The van der Waals surface area contributed by atoms with Crippen molar-refractivity contribution in [2.24, 2.45) is 0 Å². The van der Waals surface area contributed by atoms with Gasteiger partial charge in [0.05, 0.1) is 5.60 Å². The third kappa shape index (κ3) is 3.97. The van der Waals surface area contributed by atoms with Gasteiger partial charge in [-0.05, 0) is 50.5 Å². The highest BCUT2D eigenvalue weighted by Crippen LogP contribution is 2.24. The zero-order valence-electron chi connectivity index (χ0n) is 12.4. The molecule has 0 radical (unpaired) electrons. The molecule has 1 aromatic rings. The van der Waals surface area contributed by atoms with Gasteiger partial charge in [0.2, 0.25) is 0 Å². The van der Waals surface area contributed by atoms with E-state index in [2.05, 4.69) is 24.5 Å². The van der Waals surface area contributed by atoms with Crippen molar-refractivity contribution in [3.05, 3.63) is 29.8 Å². The molecule has 1 aromatic carbocycles. The van der Waals surface area contributed by atoms with Gasteiger partial charge in [-0.2, -0.15) is 0 Å².